The Balaban J connectivity index is 2.21. The highest BCUT2D eigenvalue weighted by Gasteiger charge is 2.08. The normalized spacial score (nSPS) is 10.3. The van der Waals surface area contributed by atoms with Crippen molar-refractivity contribution in [3.63, 3.8) is 0 Å². The zero-order valence-electron chi connectivity index (χ0n) is 11.0. The van der Waals surface area contributed by atoms with Crippen LogP contribution in [0.5, 0.6) is 0 Å². The topological polar surface area (TPSA) is 29.1 Å². The molecule has 1 N–H and O–H groups in total. The second kappa shape index (κ2) is 6.19. The molecule has 0 aliphatic carbocycles. The molecule has 0 aliphatic rings. The van der Waals surface area contributed by atoms with Crippen molar-refractivity contribution < 1.29 is 4.79 Å². The lowest BCUT2D eigenvalue weighted by Gasteiger charge is -2.10. The standard InChI is InChI=1S/C16H16INO/c1-3-12-10-14(17)8-9-15(12)18-16(19)13-6-4-11(2)5-7-13/h4-10H,3H2,1-2H3,(H,18,19). The maximum absolute atomic E-state index is 12.2. The first-order valence-electron chi connectivity index (χ1n) is 6.26. The quantitative estimate of drug-likeness (QED) is 0.802. The summed E-state index contributed by atoms with van der Waals surface area (Å²) in [6, 6.07) is 13.7. The fourth-order valence-corrected chi connectivity index (χ4v) is 2.43. The smallest absolute Gasteiger partial charge is 0.255 e. The Hall–Kier alpha value is -1.36. The van der Waals surface area contributed by atoms with Crippen LogP contribution >= 0.6 is 22.6 Å². The Morgan fingerprint density at radius 3 is 2.47 bits per heavy atom. The zero-order chi connectivity index (χ0) is 13.8. The second-order valence-electron chi connectivity index (χ2n) is 4.48. The van der Waals surface area contributed by atoms with Gasteiger partial charge in [-0.05, 0) is 71.8 Å². The molecule has 0 saturated heterocycles. The van der Waals surface area contributed by atoms with Gasteiger partial charge in [-0.2, -0.15) is 0 Å². The largest absolute Gasteiger partial charge is 0.322 e. The van der Waals surface area contributed by atoms with Crippen LogP contribution in [0, 0.1) is 10.5 Å². The number of nitrogens with one attached hydrogen (secondary N) is 1. The van der Waals surface area contributed by atoms with Gasteiger partial charge >= 0.3 is 0 Å². The van der Waals surface area contributed by atoms with Gasteiger partial charge in [-0.3, -0.25) is 4.79 Å². The first-order chi connectivity index (χ1) is 9.10. The summed E-state index contributed by atoms with van der Waals surface area (Å²) in [6.07, 6.45) is 0.903. The third-order valence-corrected chi connectivity index (χ3v) is 3.68. The molecule has 3 heteroatoms. The van der Waals surface area contributed by atoms with Crippen LogP contribution in [0.3, 0.4) is 0 Å². The fourth-order valence-electron chi connectivity index (χ4n) is 1.88. The van der Waals surface area contributed by atoms with Crippen LogP contribution in [0.2, 0.25) is 0 Å². The van der Waals surface area contributed by atoms with Crippen molar-refractivity contribution in [1.82, 2.24) is 0 Å². The zero-order valence-corrected chi connectivity index (χ0v) is 13.2. The van der Waals surface area contributed by atoms with Gasteiger partial charge in [0.15, 0.2) is 0 Å². The summed E-state index contributed by atoms with van der Waals surface area (Å²) in [4.78, 5) is 12.2. The lowest BCUT2D eigenvalue weighted by atomic mass is 10.1. The molecule has 98 valence electrons. The molecule has 19 heavy (non-hydrogen) atoms. The number of rotatable bonds is 3. The Bertz CT molecular complexity index is 590. The lowest BCUT2D eigenvalue weighted by Crippen LogP contribution is -2.13. The highest BCUT2D eigenvalue weighted by atomic mass is 127. The van der Waals surface area contributed by atoms with Crippen molar-refractivity contribution in [2.24, 2.45) is 0 Å². The first kappa shape index (κ1) is 14.1. The van der Waals surface area contributed by atoms with Crippen molar-refractivity contribution in [3.05, 3.63) is 62.7 Å². The van der Waals surface area contributed by atoms with E-state index in [1.54, 1.807) is 0 Å². The van der Waals surface area contributed by atoms with E-state index < -0.39 is 0 Å². The summed E-state index contributed by atoms with van der Waals surface area (Å²) in [5, 5.41) is 2.98. The number of hydrogen-bond acceptors (Lipinski definition) is 1. The Morgan fingerprint density at radius 2 is 1.84 bits per heavy atom. The molecule has 0 aliphatic heterocycles. The van der Waals surface area contributed by atoms with E-state index in [1.807, 2.05) is 43.3 Å². The summed E-state index contributed by atoms with van der Waals surface area (Å²) >= 11 is 2.28. The number of benzene rings is 2. The Morgan fingerprint density at radius 1 is 1.16 bits per heavy atom. The predicted octanol–water partition coefficient (Wildman–Crippen LogP) is 4.41. The van der Waals surface area contributed by atoms with Crippen molar-refractivity contribution in [3.8, 4) is 0 Å². The molecule has 0 bridgehead atoms. The van der Waals surface area contributed by atoms with E-state index in [0.29, 0.717) is 5.56 Å². The van der Waals surface area contributed by atoms with Gasteiger partial charge < -0.3 is 5.32 Å². The minimum Gasteiger partial charge on any atom is -0.322 e. The molecular weight excluding hydrogens is 349 g/mol. The molecule has 0 unspecified atom stereocenters. The maximum Gasteiger partial charge on any atom is 0.255 e. The summed E-state index contributed by atoms with van der Waals surface area (Å²) in [6.45, 7) is 4.10. The van der Waals surface area contributed by atoms with Crippen LogP contribution in [0.25, 0.3) is 0 Å². The number of amides is 1. The van der Waals surface area contributed by atoms with Crippen molar-refractivity contribution >= 4 is 34.2 Å². The monoisotopic (exact) mass is 365 g/mol. The average Bonchev–Trinajstić information content (AvgIpc) is 2.41. The molecule has 0 spiro atoms. The van der Waals surface area contributed by atoms with E-state index in [1.165, 1.54) is 3.57 Å². The summed E-state index contributed by atoms with van der Waals surface area (Å²) in [5.74, 6) is -0.0593. The molecular formula is C16H16INO. The molecule has 2 aromatic carbocycles. The van der Waals surface area contributed by atoms with Crippen LogP contribution in [-0.2, 0) is 6.42 Å². The van der Waals surface area contributed by atoms with Crippen LogP contribution in [0.15, 0.2) is 42.5 Å². The van der Waals surface area contributed by atoms with E-state index in [2.05, 4.69) is 40.9 Å². The van der Waals surface area contributed by atoms with E-state index in [4.69, 9.17) is 0 Å². The highest BCUT2D eigenvalue weighted by molar-refractivity contribution is 14.1. The maximum atomic E-state index is 12.2. The molecule has 0 aromatic heterocycles. The molecule has 0 heterocycles. The third kappa shape index (κ3) is 3.56. The summed E-state index contributed by atoms with van der Waals surface area (Å²) < 4.78 is 1.18. The van der Waals surface area contributed by atoms with E-state index >= 15 is 0 Å². The number of halogens is 1. The van der Waals surface area contributed by atoms with Gasteiger partial charge in [-0.15, -0.1) is 0 Å². The van der Waals surface area contributed by atoms with Crippen molar-refractivity contribution in [2.75, 3.05) is 5.32 Å². The van der Waals surface area contributed by atoms with Gasteiger partial charge in [0, 0.05) is 14.8 Å². The summed E-state index contributed by atoms with van der Waals surface area (Å²) in [5.41, 5.74) is 3.90. The average molecular weight is 365 g/mol. The predicted molar refractivity (Wildman–Crippen MR) is 87.7 cm³/mol. The molecule has 0 saturated carbocycles. The van der Waals surface area contributed by atoms with Crippen LogP contribution < -0.4 is 5.32 Å². The van der Waals surface area contributed by atoms with E-state index in [-0.39, 0.29) is 5.91 Å². The molecule has 1 amide bonds. The molecule has 2 rings (SSSR count). The Kier molecular flexibility index (Phi) is 4.58. The van der Waals surface area contributed by atoms with E-state index in [0.717, 1.165) is 23.2 Å². The SMILES string of the molecule is CCc1cc(I)ccc1NC(=O)c1ccc(C)cc1. The number of carbonyl (C=O) groups is 1. The minimum absolute atomic E-state index is 0.0593. The second-order valence-corrected chi connectivity index (χ2v) is 5.72. The molecule has 2 nitrogen and oxygen atoms in total. The number of carbonyl (C=O) groups excluding carboxylic acids is 1. The highest BCUT2D eigenvalue weighted by Crippen LogP contribution is 2.20. The van der Waals surface area contributed by atoms with Crippen LogP contribution in [0.4, 0.5) is 5.69 Å². The van der Waals surface area contributed by atoms with Gasteiger partial charge in [0.1, 0.15) is 0 Å². The van der Waals surface area contributed by atoms with Gasteiger partial charge in [0.05, 0.1) is 0 Å². The van der Waals surface area contributed by atoms with Gasteiger partial charge in [0.2, 0.25) is 0 Å². The van der Waals surface area contributed by atoms with Gasteiger partial charge in [0.25, 0.3) is 5.91 Å². The van der Waals surface area contributed by atoms with Crippen LogP contribution in [-0.4, -0.2) is 5.91 Å². The van der Waals surface area contributed by atoms with E-state index in [9.17, 15) is 4.79 Å². The lowest BCUT2D eigenvalue weighted by molar-refractivity contribution is 0.102. The van der Waals surface area contributed by atoms with Crippen molar-refractivity contribution in [1.29, 1.82) is 0 Å². The number of aryl methyl sites for hydroxylation is 2. The molecule has 0 fully saturated rings. The fraction of sp³-hybridized carbons (Fsp3) is 0.188. The number of hydrogen-bond donors (Lipinski definition) is 1. The van der Waals surface area contributed by atoms with Gasteiger partial charge in [-0.1, -0.05) is 24.6 Å². The number of anilines is 1. The molecule has 2 aromatic rings. The minimum atomic E-state index is -0.0593. The Labute approximate surface area is 127 Å². The molecule has 0 radical (unpaired) electrons. The summed E-state index contributed by atoms with van der Waals surface area (Å²) in [7, 11) is 0. The van der Waals surface area contributed by atoms with Crippen molar-refractivity contribution in [2.45, 2.75) is 20.3 Å². The third-order valence-electron chi connectivity index (χ3n) is 3.01. The first-order valence-corrected chi connectivity index (χ1v) is 7.34. The van der Waals surface area contributed by atoms with Gasteiger partial charge in [-0.25, -0.2) is 0 Å². The molecule has 0 atom stereocenters. The van der Waals surface area contributed by atoms with Crippen LogP contribution in [0.1, 0.15) is 28.4 Å².